The molecule has 0 aromatic rings. The quantitative estimate of drug-likeness (QED) is 0.403. The molecule has 4 nitrogen and oxygen atoms in total. The van der Waals surface area contributed by atoms with E-state index in [0.29, 0.717) is 6.61 Å². The number of nitrogens with one attached hydrogen (secondary N) is 1. The van der Waals surface area contributed by atoms with Crippen LogP contribution in [-0.4, -0.2) is 52.4 Å². The van der Waals surface area contributed by atoms with Gasteiger partial charge in [-0.2, -0.15) is 0 Å². The van der Waals surface area contributed by atoms with E-state index in [9.17, 15) is 0 Å². The molecule has 0 aliphatic rings. The van der Waals surface area contributed by atoms with E-state index in [-0.39, 0.29) is 0 Å². The maximum atomic E-state index is 5.76. The lowest BCUT2D eigenvalue weighted by molar-refractivity contribution is 0.199. The van der Waals surface area contributed by atoms with Crippen LogP contribution in [0, 0.1) is 0 Å². The van der Waals surface area contributed by atoms with E-state index in [2.05, 4.69) is 57.8 Å². The molecule has 0 aromatic carbocycles. The molecule has 0 fully saturated rings. The van der Waals surface area contributed by atoms with Crippen molar-refractivity contribution in [3.63, 3.8) is 0 Å². The molecule has 0 aliphatic carbocycles. The highest BCUT2D eigenvalue weighted by Crippen LogP contribution is 2.24. The van der Waals surface area contributed by atoms with Gasteiger partial charge in [-0.05, 0) is 70.0 Å². The van der Waals surface area contributed by atoms with Gasteiger partial charge in [0.1, 0.15) is 5.76 Å². The summed E-state index contributed by atoms with van der Waals surface area (Å²) in [6, 6.07) is 0. The minimum absolute atomic E-state index is 0.569. The Labute approximate surface area is 161 Å². The first kappa shape index (κ1) is 24.5. The molecule has 1 N–H and O–H groups in total. The van der Waals surface area contributed by atoms with E-state index in [1.165, 1.54) is 27.9 Å². The molecule has 0 aromatic heterocycles. The summed E-state index contributed by atoms with van der Waals surface area (Å²) in [4.78, 5) is 2.42. The Morgan fingerprint density at radius 3 is 2.15 bits per heavy atom. The monoisotopic (exact) mass is 364 g/mol. The van der Waals surface area contributed by atoms with Gasteiger partial charge in [0.15, 0.2) is 0 Å². The summed E-state index contributed by atoms with van der Waals surface area (Å²) in [6.07, 6.45) is 5.32. The lowest BCUT2D eigenvalue weighted by Crippen LogP contribution is -2.28. The second-order valence-electron chi connectivity index (χ2n) is 6.77. The summed E-state index contributed by atoms with van der Waals surface area (Å²) >= 11 is 0. The molecule has 0 bridgehead atoms. The zero-order valence-corrected chi connectivity index (χ0v) is 18.5. The standard InChI is InChI=1S/C22H40N2O2/c1-10-12-24(11-2)15-20(16-25-8)22(26-9)13-18(5)21(14-23-7)19(6)17(3)4/h13-14,23H,10-12,15-16H2,1-9H3/b18-13+,21-14-,22-20+. The Balaban J connectivity index is 5.96. The predicted molar refractivity (Wildman–Crippen MR) is 113 cm³/mol. The van der Waals surface area contributed by atoms with Crippen LogP contribution in [0.15, 0.2) is 45.9 Å². The van der Waals surface area contributed by atoms with Crippen molar-refractivity contribution in [2.45, 2.75) is 48.0 Å². The molecule has 0 heterocycles. The zero-order valence-electron chi connectivity index (χ0n) is 18.5. The van der Waals surface area contributed by atoms with Crippen molar-refractivity contribution in [2.75, 3.05) is 47.5 Å². The molecule has 0 aliphatic heterocycles. The van der Waals surface area contributed by atoms with Crippen LogP contribution in [0.5, 0.6) is 0 Å². The molecule has 0 saturated carbocycles. The number of methoxy groups -OCH3 is 2. The molecule has 0 rings (SSSR count). The summed E-state index contributed by atoms with van der Waals surface area (Å²) in [5, 5.41) is 3.16. The fourth-order valence-electron chi connectivity index (χ4n) is 2.82. The number of likely N-dealkylation sites (N-methyl/N-ethyl adjacent to an activating group) is 1. The van der Waals surface area contributed by atoms with E-state index < -0.39 is 0 Å². The second kappa shape index (κ2) is 13.7. The van der Waals surface area contributed by atoms with Gasteiger partial charge in [0.2, 0.25) is 0 Å². The third-order valence-corrected chi connectivity index (χ3v) is 4.50. The average molecular weight is 365 g/mol. The van der Waals surface area contributed by atoms with Crippen LogP contribution in [0.25, 0.3) is 0 Å². The van der Waals surface area contributed by atoms with E-state index in [1.54, 1.807) is 14.2 Å². The Morgan fingerprint density at radius 2 is 1.73 bits per heavy atom. The summed E-state index contributed by atoms with van der Waals surface area (Å²) in [5.41, 5.74) is 6.11. The third-order valence-electron chi connectivity index (χ3n) is 4.50. The maximum Gasteiger partial charge on any atom is 0.121 e. The first-order chi connectivity index (χ1) is 12.4. The van der Waals surface area contributed by atoms with Gasteiger partial charge in [0, 0.05) is 32.5 Å². The number of ether oxygens (including phenoxy) is 2. The highest BCUT2D eigenvalue weighted by atomic mass is 16.5. The number of hydrogen-bond acceptors (Lipinski definition) is 4. The highest BCUT2D eigenvalue weighted by Gasteiger charge is 2.12. The average Bonchev–Trinajstić information content (AvgIpc) is 2.62. The lowest BCUT2D eigenvalue weighted by atomic mass is 9.96. The van der Waals surface area contributed by atoms with Crippen molar-refractivity contribution >= 4 is 0 Å². The normalized spacial score (nSPS) is 13.6. The molecule has 0 saturated heterocycles. The van der Waals surface area contributed by atoms with E-state index in [4.69, 9.17) is 9.47 Å². The van der Waals surface area contributed by atoms with Crippen molar-refractivity contribution in [1.82, 2.24) is 10.2 Å². The van der Waals surface area contributed by atoms with Crippen LogP contribution in [0.4, 0.5) is 0 Å². The van der Waals surface area contributed by atoms with E-state index in [0.717, 1.165) is 31.8 Å². The van der Waals surface area contributed by atoms with Gasteiger partial charge in [0.05, 0.1) is 13.7 Å². The zero-order chi connectivity index (χ0) is 20.1. The molecule has 150 valence electrons. The molecular weight excluding hydrogens is 324 g/mol. The van der Waals surface area contributed by atoms with Crippen LogP contribution >= 0.6 is 0 Å². The Morgan fingerprint density at radius 1 is 1.08 bits per heavy atom. The summed E-state index contributed by atoms with van der Waals surface area (Å²) in [5.74, 6) is 0.891. The molecule has 0 unspecified atom stereocenters. The third kappa shape index (κ3) is 8.24. The smallest absolute Gasteiger partial charge is 0.121 e. The number of hydrogen-bond donors (Lipinski definition) is 1. The van der Waals surface area contributed by atoms with Gasteiger partial charge in [-0.15, -0.1) is 0 Å². The lowest BCUT2D eigenvalue weighted by Gasteiger charge is -2.23. The van der Waals surface area contributed by atoms with Crippen LogP contribution in [0.1, 0.15) is 48.0 Å². The SMILES string of the molecule is CCCN(CC)C/C(COC)=C(/C=C(C)/C(=C/NC)C(C)=C(C)C)OC. The maximum absolute atomic E-state index is 5.76. The van der Waals surface area contributed by atoms with Crippen LogP contribution in [0.2, 0.25) is 0 Å². The van der Waals surface area contributed by atoms with Crippen LogP contribution in [0.3, 0.4) is 0 Å². The molecule has 26 heavy (non-hydrogen) atoms. The van der Waals surface area contributed by atoms with Gasteiger partial charge in [-0.3, -0.25) is 4.90 Å². The summed E-state index contributed by atoms with van der Waals surface area (Å²) < 4.78 is 11.2. The van der Waals surface area contributed by atoms with Crippen molar-refractivity contribution in [2.24, 2.45) is 0 Å². The largest absolute Gasteiger partial charge is 0.497 e. The first-order valence-electron chi connectivity index (χ1n) is 9.53. The molecular formula is C22H40N2O2. The fraction of sp³-hybridized carbons (Fsp3) is 0.636. The van der Waals surface area contributed by atoms with Gasteiger partial charge in [-0.1, -0.05) is 19.4 Å². The van der Waals surface area contributed by atoms with E-state index in [1.807, 2.05) is 13.2 Å². The van der Waals surface area contributed by atoms with Crippen molar-refractivity contribution in [3.05, 3.63) is 45.9 Å². The summed E-state index contributed by atoms with van der Waals surface area (Å²) in [6.45, 7) is 16.5. The summed E-state index contributed by atoms with van der Waals surface area (Å²) in [7, 11) is 5.40. The number of allylic oxidation sites excluding steroid dienone is 5. The Bertz CT molecular complexity index is 538. The molecule has 0 amide bonds. The van der Waals surface area contributed by atoms with Crippen molar-refractivity contribution in [3.8, 4) is 0 Å². The second-order valence-corrected chi connectivity index (χ2v) is 6.77. The topological polar surface area (TPSA) is 33.7 Å². The highest BCUT2D eigenvalue weighted by molar-refractivity contribution is 5.48. The van der Waals surface area contributed by atoms with Crippen molar-refractivity contribution < 1.29 is 9.47 Å². The van der Waals surface area contributed by atoms with Gasteiger partial charge in [-0.25, -0.2) is 0 Å². The van der Waals surface area contributed by atoms with Crippen LogP contribution in [-0.2, 0) is 9.47 Å². The van der Waals surface area contributed by atoms with Crippen LogP contribution < -0.4 is 5.32 Å². The molecule has 0 radical (unpaired) electrons. The fourth-order valence-corrected chi connectivity index (χ4v) is 2.82. The predicted octanol–water partition coefficient (Wildman–Crippen LogP) is 4.67. The van der Waals surface area contributed by atoms with E-state index >= 15 is 0 Å². The first-order valence-corrected chi connectivity index (χ1v) is 9.53. The van der Waals surface area contributed by atoms with Gasteiger partial charge in [0.25, 0.3) is 0 Å². The minimum atomic E-state index is 0.569. The number of nitrogens with zero attached hydrogens (tertiary/aromatic N) is 1. The van der Waals surface area contributed by atoms with Gasteiger partial charge >= 0.3 is 0 Å². The van der Waals surface area contributed by atoms with Crippen molar-refractivity contribution in [1.29, 1.82) is 0 Å². The molecule has 0 spiro atoms. The molecule has 0 atom stereocenters. The van der Waals surface area contributed by atoms with Gasteiger partial charge < -0.3 is 14.8 Å². The molecule has 4 heteroatoms. The number of rotatable bonds is 12. The Kier molecular flexibility index (Phi) is 12.9. The minimum Gasteiger partial charge on any atom is -0.497 e. The Hall–Kier alpha value is -1.52.